The summed E-state index contributed by atoms with van der Waals surface area (Å²) in [7, 11) is 0. The maximum Gasteiger partial charge on any atom is 0.171 e. The molecule has 2 aromatic carbocycles. The van der Waals surface area contributed by atoms with E-state index in [-0.39, 0.29) is 6.04 Å². The number of benzene rings is 2. The lowest BCUT2D eigenvalue weighted by molar-refractivity contribution is 0.659. The van der Waals surface area contributed by atoms with E-state index < -0.39 is 0 Å². The largest absolute Gasteiger partial charge is 0.356 e. The van der Waals surface area contributed by atoms with Gasteiger partial charge in [-0.1, -0.05) is 58.4 Å². The fraction of sp³-hybridized carbons (Fsp3) is 0.238. The topological polar surface area (TPSA) is 41.9 Å². The first kappa shape index (κ1) is 19.6. The fourth-order valence-electron chi connectivity index (χ4n) is 2.97. The molecule has 1 atom stereocenters. The van der Waals surface area contributed by atoms with Gasteiger partial charge in [-0.2, -0.15) is 5.10 Å². The molecular weight excluding hydrogens is 420 g/mol. The summed E-state index contributed by atoms with van der Waals surface area (Å²) >= 11 is 8.99. The Labute approximate surface area is 174 Å². The Kier molecular flexibility index (Phi) is 6.29. The van der Waals surface area contributed by atoms with Crippen LogP contribution in [0.3, 0.4) is 0 Å². The minimum atomic E-state index is 0.129. The molecule has 1 heterocycles. The first-order chi connectivity index (χ1) is 12.9. The fourth-order valence-corrected chi connectivity index (χ4v) is 3.51. The van der Waals surface area contributed by atoms with Gasteiger partial charge in [0.25, 0.3) is 0 Å². The van der Waals surface area contributed by atoms with Crippen molar-refractivity contribution in [3.8, 4) is 0 Å². The summed E-state index contributed by atoms with van der Waals surface area (Å²) in [6, 6.07) is 18.7. The van der Waals surface area contributed by atoms with Crippen molar-refractivity contribution in [1.82, 2.24) is 15.1 Å². The van der Waals surface area contributed by atoms with E-state index in [0.717, 1.165) is 28.1 Å². The second-order valence-corrected chi connectivity index (χ2v) is 7.88. The molecule has 0 radical (unpaired) electrons. The highest BCUT2D eigenvalue weighted by Crippen LogP contribution is 2.21. The molecule has 0 fully saturated rings. The third-order valence-electron chi connectivity index (χ3n) is 4.51. The smallest absolute Gasteiger partial charge is 0.171 e. The first-order valence-electron chi connectivity index (χ1n) is 8.85. The Bertz CT molecular complexity index is 919. The molecule has 1 aromatic heterocycles. The van der Waals surface area contributed by atoms with Crippen molar-refractivity contribution < 1.29 is 0 Å². The third-order valence-corrected chi connectivity index (χ3v) is 5.26. The van der Waals surface area contributed by atoms with Crippen LogP contribution in [0.4, 0.5) is 5.69 Å². The predicted octanol–water partition coefficient (Wildman–Crippen LogP) is 5.36. The van der Waals surface area contributed by atoms with Gasteiger partial charge in [0.05, 0.1) is 29.7 Å². The van der Waals surface area contributed by atoms with Crippen molar-refractivity contribution in [3.63, 3.8) is 0 Å². The monoisotopic (exact) mass is 442 g/mol. The number of aryl methyl sites for hydroxylation is 1. The lowest BCUT2D eigenvalue weighted by atomic mass is 10.1. The summed E-state index contributed by atoms with van der Waals surface area (Å²) < 4.78 is 3.08. The summed E-state index contributed by atoms with van der Waals surface area (Å²) in [5.74, 6) is 0. The minimum absolute atomic E-state index is 0.129. The highest BCUT2D eigenvalue weighted by atomic mass is 79.9. The molecule has 4 nitrogen and oxygen atoms in total. The van der Waals surface area contributed by atoms with Gasteiger partial charge in [-0.05, 0) is 56.2 Å². The average molecular weight is 443 g/mol. The standard InChI is InChI=1S/C21H23BrN4S/c1-14(18-7-5-4-6-8-18)23-21(27)24-20-15(2)25-26(16(20)3)13-17-9-11-19(22)12-10-17/h4-12,14H,13H2,1-3H3,(H2,23,24,27). The van der Waals surface area contributed by atoms with Crippen LogP contribution in [0.2, 0.25) is 0 Å². The van der Waals surface area contributed by atoms with Crippen molar-refractivity contribution in [2.24, 2.45) is 0 Å². The van der Waals surface area contributed by atoms with Crippen LogP contribution >= 0.6 is 28.1 Å². The van der Waals surface area contributed by atoms with Crippen LogP contribution in [0, 0.1) is 13.8 Å². The van der Waals surface area contributed by atoms with E-state index in [1.54, 1.807) is 0 Å². The van der Waals surface area contributed by atoms with Gasteiger partial charge in [-0.3, -0.25) is 4.68 Å². The zero-order valence-electron chi connectivity index (χ0n) is 15.7. The Morgan fingerprint density at radius 2 is 1.78 bits per heavy atom. The Morgan fingerprint density at radius 1 is 1.11 bits per heavy atom. The van der Waals surface area contributed by atoms with Crippen molar-refractivity contribution >= 4 is 38.9 Å². The van der Waals surface area contributed by atoms with E-state index in [1.165, 1.54) is 11.1 Å². The molecule has 0 aliphatic rings. The van der Waals surface area contributed by atoms with Crippen LogP contribution in [0.5, 0.6) is 0 Å². The number of thiocarbonyl (C=S) groups is 1. The maximum atomic E-state index is 5.52. The molecule has 6 heteroatoms. The van der Waals surface area contributed by atoms with E-state index in [0.29, 0.717) is 5.11 Å². The number of nitrogens with one attached hydrogen (secondary N) is 2. The number of hydrogen-bond donors (Lipinski definition) is 2. The van der Waals surface area contributed by atoms with Crippen LogP contribution in [0.25, 0.3) is 0 Å². The zero-order valence-corrected chi connectivity index (χ0v) is 18.1. The number of nitrogens with zero attached hydrogens (tertiary/aromatic N) is 2. The van der Waals surface area contributed by atoms with Gasteiger partial charge in [0.1, 0.15) is 0 Å². The molecular formula is C21H23BrN4S. The Balaban J connectivity index is 1.69. The summed E-state index contributed by atoms with van der Waals surface area (Å²) in [5, 5.41) is 11.9. The molecule has 0 aliphatic carbocycles. The molecule has 3 rings (SSSR count). The molecule has 27 heavy (non-hydrogen) atoms. The van der Waals surface area contributed by atoms with E-state index in [2.05, 4.69) is 69.8 Å². The number of halogens is 1. The van der Waals surface area contributed by atoms with E-state index in [1.807, 2.05) is 41.9 Å². The van der Waals surface area contributed by atoms with Gasteiger partial charge < -0.3 is 10.6 Å². The van der Waals surface area contributed by atoms with E-state index in [4.69, 9.17) is 12.2 Å². The molecule has 2 N–H and O–H groups in total. The summed E-state index contributed by atoms with van der Waals surface area (Å²) in [6.45, 7) is 6.88. The zero-order chi connectivity index (χ0) is 19.4. The number of aromatic nitrogens is 2. The molecule has 0 saturated carbocycles. The SMILES string of the molecule is Cc1nn(Cc2ccc(Br)cc2)c(C)c1NC(=S)NC(C)c1ccccc1. The quantitative estimate of drug-likeness (QED) is 0.521. The normalized spacial score (nSPS) is 11.9. The predicted molar refractivity (Wildman–Crippen MR) is 119 cm³/mol. The molecule has 0 aliphatic heterocycles. The van der Waals surface area contributed by atoms with Crippen molar-refractivity contribution in [3.05, 3.63) is 81.6 Å². The van der Waals surface area contributed by atoms with E-state index >= 15 is 0 Å². The lowest BCUT2D eigenvalue weighted by Gasteiger charge is -2.17. The highest BCUT2D eigenvalue weighted by molar-refractivity contribution is 9.10. The van der Waals surface area contributed by atoms with E-state index in [9.17, 15) is 0 Å². The number of anilines is 1. The molecule has 0 spiro atoms. The van der Waals surface area contributed by atoms with Gasteiger partial charge in [-0.25, -0.2) is 0 Å². The first-order valence-corrected chi connectivity index (χ1v) is 10.0. The summed E-state index contributed by atoms with van der Waals surface area (Å²) in [6.07, 6.45) is 0. The second-order valence-electron chi connectivity index (χ2n) is 6.56. The van der Waals surface area contributed by atoms with Gasteiger partial charge in [-0.15, -0.1) is 0 Å². The van der Waals surface area contributed by atoms with Crippen LogP contribution < -0.4 is 10.6 Å². The number of rotatable bonds is 5. The average Bonchev–Trinajstić information content (AvgIpc) is 2.91. The van der Waals surface area contributed by atoms with Crippen LogP contribution in [-0.2, 0) is 6.54 Å². The van der Waals surface area contributed by atoms with Crippen LogP contribution in [0.15, 0.2) is 59.1 Å². The van der Waals surface area contributed by atoms with Gasteiger partial charge >= 0.3 is 0 Å². The van der Waals surface area contributed by atoms with Crippen molar-refractivity contribution in [2.45, 2.75) is 33.4 Å². The highest BCUT2D eigenvalue weighted by Gasteiger charge is 2.14. The Morgan fingerprint density at radius 3 is 2.44 bits per heavy atom. The molecule has 140 valence electrons. The van der Waals surface area contributed by atoms with Crippen LogP contribution in [0.1, 0.15) is 35.5 Å². The van der Waals surface area contributed by atoms with Gasteiger partial charge in [0.2, 0.25) is 0 Å². The molecule has 0 amide bonds. The molecule has 0 saturated heterocycles. The third kappa shape index (κ3) is 4.96. The lowest BCUT2D eigenvalue weighted by Crippen LogP contribution is -2.31. The number of hydrogen-bond acceptors (Lipinski definition) is 2. The maximum absolute atomic E-state index is 5.52. The minimum Gasteiger partial charge on any atom is -0.356 e. The van der Waals surface area contributed by atoms with Gasteiger partial charge in [0, 0.05) is 4.47 Å². The molecule has 0 bridgehead atoms. The van der Waals surface area contributed by atoms with Crippen LogP contribution in [-0.4, -0.2) is 14.9 Å². The van der Waals surface area contributed by atoms with Crippen molar-refractivity contribution in [2.75, 3.05) is 5.32 Å². The Hall–Kier alpha value is -2.18. The van der Waals surface area contributed by atoms with Gasteiger partial charge in [0.15, 0.2) is 5.11 Å². The second kappa shape index (κ2) is 8.67. The summed E-state index contributed by atoms with van der Waals surface area (Å²) in [5.41, 5.74) is 5.35. The molecule has 1 unspecified atom stereocenters. The molecule has 3 aromatic rings. The van der Waals surface area contributed by atoms with Crippen molar-refractivity contribution in [1.29, 1.82) is 0 Å². The summed E-state index contributed by atoms with van der Waals surface area (Å²) in [4.78, 5) is 0.